The van der Waals surface area contributed by atoms with Gasteiger partial charge in [-0.05, 0) is 24.5 Å². The van der Waals surface area contributed by atoms with Crippen LogP contribution >= 0.6 is 0 Å². The fraction of sp³-hybridized carbons (Fsp3) is 0.333. The van der Waals surface area contributed by atoms with Gasteiger partial charge in [-0.25, -0.2) is 0 Å². The molecule has 1 heterocycles. The molecule has 0 spiro atoms. The molecule has 2 aliphatic rings. The summed E-state index contributed by atoms with van der Waals surface area (Å²) in [7, 11) is 0. The van der Waals surface area contributed by atoms with E-state index < -0.39 is 5.97 Å². The van der Waals surface area contributed by atoms with Crippen molar-refractivity contribution < 1.29 is 9.90 Å². The van der Waals surface area contributed by atoms with Crippen LogP contribution in [0.3, 0.4) is 0 Å². The number of rotatable bonds is 4. The summed E-state index contributed by atoms with van der Waals surface area (Å²) in [6.45, 7) is 0. The lowest BCUT2D eigenvalue weighted by Gasteiger charge is -2.13. The second kappa shape index (κ2) is 4.26. The van der Waals surface area contributed by atoms with Crippen molar-refractivity contribution in [3.8, 4) is 0 Å². The summed E-state index contributed by atoms with van der Waals surface area (Å²) in [6.07, 6.45) is 11.7. The van der Waals surface area contributed by atoms with Crippen molar-refractivity contribution in [2.24, 2.45) is 10.9 Å². The zero-order chi connectivity index (χ0) is 10.7. The van der Waals surface area contributed by atoms with Crippen molar-refractivity contribution in [1.82, 2.24) is 0 Å². The van der Waals surface area contributed by atoms with Crippen LogP contribution in [0.15, 0.2) is 41.1 Å². The van der Waals surface area contributed by atoms with Gasteiger partial charge in [-0.2, -0.15) is 0 Å². The van der Waals surface area contributed by atoms with Crippen molar-refractivity contribution in [2.45, 2.75) is 19.3 Å². The number of fused-ring (bicyclic) bond motifs is 1. The number of allylic oxidation sites excluding steroid dienone is 5. The monoisotopic (exact) mass is 203 g/mol. The summed E-state index contributed by atoms with van der Waals surface area (Å²) in [5.74, 6) is -0.433. The molecule has 0 aromatic heterocycles. The summed E-state index contributed by atoms with van der Waals surface area (Å²) < 4.78 is 0. The van der Waals surface area contributed by atoms with E-state index in [0.717, 1.165) is 12.1 Å². The number of nitrogens with zero attached hydrogens (tertiary/aromatic N) is 1. The molecule has 1 N–H and O–H groups in total. The molecule has 3 heteroatoms. The maximum absolute atomic E-state index is 10.4. The van der Waals surface area contributed by atoms with Crippen LogP contribution in [0.4, 0.5) is 0 Å². The molecule has 0 saturated carbocycles. The lowest BCUT2D eigenvalue weighted by atomic mass is 9.90. The minimum atomic E-state index is -0.728. The summed E-state index contributed by atoms with van der Waals surface area (Å²) in [6, 6.07) is 0. The van der Waals surface area contributed by atoms with Crippen molar-refractivity contribution in [3.05, 3.63) is 36.1 Å². The predicted octanol–water partition coefficient (Wildman–Crippen LogP) is 2.32. The molecule has 0 saturated heterocycles. The molecule has 0 radical (unpaired) electrons. The van der Waals surface area contributed by atoms with Gasteiger partial charge in [-0.1, -0.05) is 18.2 Å². The third-order valence-electron chi connectivity index (χ3n) is 2.64. The van der Waals surface area contributed by atoms with Gasteiger partial charge in [0.25, 0.3) is 0 Å². The molecule has 1 atom stereocenters. The van der Waals surface area contributed by atoms with Gasteiger partial charge in [0.1, 0.15) is 0 Å². The van der Waals surface area contributed by atoms with Gasteiger partial charge in [-0.3, -0.25) is 9.79 Å². The third-order valence-corrected chi connectivity index (χ3v) is 2.64. The van der Waals surface area contributed by atoms with Crippen LogP contribution < -0.4 is 0 Å². The Kier molecular flexibility index (Phi) is 2.81. The van der Waals surface area contributed by atoms with Crippen LogP contribution in [0.25, 0.3) is 0 Å². The number of carboxylic acids is 1. The van der Waals surface area contributed by atoms with E-state index in [-0.39, 0.29) is 6.42 Å². The number of aliphatic carboxylic acids is 1. The molecular weight excluding hydrogens is 190 g/mol. The van der Waals surface area contributed by atoms with Gasteiger partial charge in [0, 0.05) is 18.5 Å². The van der Waals surface area contributed by atoms with E-state index >= 15 is 0 Å². The highest BCUT2D eigenvalue weighted by molar-refractivity contribution is 6.03. The fourth-order valence-electron chi connectivity index (χ4n) is 1.87. The average molecular weight is 203 g/mol. The van der Waals surface area contributed by atoms with Gasteiger partial charge >= 0.3 is 5.97 Å². The molecule has 15 heavy (non-hydrogen) atoms. The van der Waals surface area contributed by atoms with Crippen LogP contribution in [0, 0.1) is 5.92 Å². The molecule has 1 aliphatic carbocycles. The van der Waals surface area contributed by atoms with E-state index in [4.69, 9.17) is 5.11 Å². The first-order chi connectivity index (χ1) is 7.27. The van der Waals surface area contributed by atoms with Crippen LogP contribution in [0.5, 0.6) is 0 Å². The summed E-state index contributed by atoms with van der Waals surface area (Å²) in [5.41, 5.74) is 2.30. The first kappa shape index (κ1) is 9.90. The van der Waals surface area contributed by atoms with E-state index in [9.17, 15) is 4.79 Å². The topological polar surface area (TPSA) is 49.7 Å². The zero-order valence-corrected chi connectivity index (χ0v) is 8.39. The number of carboxylic acid groups (broad SMARTS) is 1. The van der Waals surface area contributed by atoms with Crippen molar-refractivity contribution in [2.75, 3.05) is 0 Å². The predicted molar refractivity (Wildman–Crippen MR) is 58.8 cm³/mol. The molecule has 0 fully saturated rings. The number of aliphatic imine (C=N–C) groups is 1. The number of carbonyl (C=O) groups is 1. The molecule has 1 aliphatic heterocycles. The Bertz CT molecular complexity index is 388. The minimum Gasteiger partial charge on any atom is -0.481 e. The Labute approximate surface area is 88.5 Å². The highest BCUT2D eigenvalue weighted by Crippen LogP contribution is 2.28. The average Bonchev–Trinajstić information content (AvgIpc) is 2.62. The smallest absolute Gasteiger partial charge is 0.303 e. The summed E-state index contributed by atoms with van der Waals surface area (Å²) >= 11 is 0. The standard InChI is InChI=1S/C12H13NO2/c14-12(15)7-3-4-9-8-13-11-6-2-1-5-10(9)11/h1-2,5-6,8,10H,3-4,7H2,(H,14,15). The number of hydrogen-bond acceptors (Lipinski definition) is 2. The van der Waals surface area contributed by atoms with Crippen molar-refractivity contribution in [1.29, 1.82) is 0 Å². The van der Waals surface area contributed by atoms with Crippen molar-refractivity contribution >= 4 is 11.7 Å². The van der Waals surface area contributed by atoms with Crippen LogP contribution in [-0.2, 0) is 4.79 Å². The molecule has 0 amide bonds. The Morgan fingerprint density at radius 2 is 2.33 bits per heavy atom. The molecule has 0 aromatic carbocycles. The van der Waals surface area contributed by atoms with Gasteiger partial charge in [0.15, 0.2) is 0 Å². The maximum Gasteiger partial charge on any atom is 0.303 e. The Hall–Kier alpha value is -1.64. The van der Waals surface area contributed by atoms with Crippen LogP contribution in [0.2, 0.25) is 0 Å². The molecule has 0 bridgehead atoms. The second-order valence-corrected chi connectivity index (χ2v) is 3.73. The molecule has 3 nitrogen and oxygen atoms in total. The van der Waals surface area contributed by atoms with Gasteiger partial charge in [-0.15, -0.1) is 0 Å². The highest BCUT2D eigenvalue weighted by Gasteiger charge is 2.21. The Morgan fingerprint density at radius 1 is 1.47 bits per heavy atom. The van der Waals surface area contributed by atoms with E-state index in [1.54, 1.807) is 0 Å². The van der Waals surface area contributed by atoms with E-state index in [0.29, 0.717) is 12.3 Å². The maximum atomic E-state index is 10.4. The normalized spacial score (nSPS) is 22.3. The second-order valence-electron chi connectivity index (χ2n) is 3.73. The molecule has 78 valence electrons. The summed E-state index contributed by atoms with van der Waals surface area (Å²) in [4.78, 5) is 14.7. The van der Waals surface area contributed by atoms with E-state index in [1.807, 2.05) is 24.4 Å². The lowest BCUT2D eigenvalue weighted by Crippen LogP contribution is -2.10. The Morgan fingerprint density at radius 3 is 3.13 bits per heavy atom. The number of hydrogen-bond donors (Lipinski definition) is 1. The SMILES string of the molecule is O=C(O)CCCC1=CN=C2C=CC=CC12. The first-order valence-corrected chi connectivity index (χ1v) is 5.10. The largest absolute Gasteiger partial charge is 0.481 e. The molecule has 1 unspecified atom stereocenters. The molecule has 2 rings (SSSR count). The Balaban J connectivity index is 1.89. The minimum absolute atomic E-state index is 0.235. The van der Waals surface area contributed by atoms with Gasteiger partial charge < -0.3 is 5.11 Å². The zero-order valence-electron chi connectivity index (χ0n) is 8.39. The van der Waals surface area contributed by atoms with Gasteiger partial charge in [0.05, 0.1) is 5.71 Å². The van der Waals surface area contributed by atoms with E-state index in [2.05, 4.69) is 11.1 Å². The molecule has 0 aromatic rings. The summed E-state index contributed by atoms with van der Waals surface area (Å²) in [5, 5.41) is 8.55. The van der Waals surface area contributed by atoms with Crippen LogP contribution in [-0.4, -0.2) is 16.8 Å². The first-order valence-electron chi connectivity index (χ1n) is 5.10. The highest BCUT2D eigenvalue weighted by atomic mass is 16.4. The van der Waals surface area contributed by atoms with Gasteiger partial charge in [0.2, 0.25) is 0 Å². The fourth-order valence-corrected chi connectivity index (χ4v) is 1.87. The third kappa shape index (κ3) is 2.24. The van der Waals surface area contributed by atoms with Crippen LogP contribution in [0.1, 0.15) is 19.3 Å². The quantitative estimate of drug-likeness (QED) is 0.762. The molecular formula is C12H13NO2. The lowest BCUT2D eigenvalue weighted by molar-refractivity contribution is -0.137. The van der Waals surface area contributed by atoms with Crippen molar-refractivity contribution in [3.63, 3.8) is 0 Å². The van der Waals surface area contributed by atoms with E-state index in [1.165, 1.54) is 5.57 Å².